The number of aromatic nitrogens is 1. The van der Waals surface area contributed by atoms with Crippen LogP contribution in [0.3, 0.4) is 0 Å². The Morgan fingerprint density at radius 3 is 3.00 bits per heavy atom. The number of rotatable bonds is 1. The van der Waals surface area contributed by atoms with Crippen molar-refractivity contribution in [2.75, 3.05) is 18.1 Å². The molecule has 1 N–H and O–H groups in total. The summed E-state index contributed by atoms with van der Waals surface area (Å²) >= 11 is 1.85. The average molecular weight is 252 g/mol. The summed E-state index contributed by atoms with van der Waals surface area (Å²) in [6.45, 7) is 4.54. The number of amides is 1. The summed E-state index contributed by atoms with van der Waals surface area (Å²) < 4.78 is 0. The second-order valence-electron chi connectivity index (χ2n) is 4.32. The predicted molar refractivity (Wildman–Crippen MR) is 69.6 cm³/mol. The second-order valence-corrected chi connectivity index (χ2v) is 5.47. The molecule has 92 valence electrons. The molecule has 0 saturated carbocycles. The Hall–Kier alpha value is -1.23. The Morgan fingerprint density at radius 2 is 2.35 bits per heavy atom. The van der Waals surface area contributed by atoms with Gasteiger partial charge in [0.2, 0.25) is 0 Å². The molecule has 1 aromatic heterocycles. The number of H-pyrrole nitrogens is 1. The van der Waals surface area contributed by atoms with E-state index in [0.29, 0.717) is 0 Å². The Balaban J connectivity index is 2.27. The molecule has 1 aromatic rings. The van der Waals surface area contributed by atoms with Crippen molar-refractivity contribution >= 4 is 17.7 Å². The summed E-state index contributed by atoms with van der Waals surface area (Å²) in [5.74, 6) is 1.73. The van der Waals surface area contributed by atoms with Crippen LogP contribution in [0.1, 0.15) is 23.0 Å². The van der Waals surface area contributed by atoms with E-state index in [1.807, 2.05) is 18.7 Å². The molecule has 1 amide bonds. The van der Waals surface area contributed by atoms with Gasteiger partial charge in [-0.15, -0.1) is 0 Å². The summed E-state index contributed by atoms with van der Waals surface area (Å²) in [6.07, 6.45) is 1.52. The first-order valence-corrected chi connectivity index (χ1v) is 6.83. The van der Waals surface area contributed by atoms with Gasteiger partial charge < -0.3 is 9.88 Å². The first-order valence-electron chi connectivity index (χ1n) is 5.67. The zero-order valence-corrected chi connectivity index (χ0v) is 10.8. The number of nitrogens with zero attached hydrogens (tertiary/aromatic N) is 1. The Labute approximate surface area is 104 Å². The highest BCUT2D eigenvalue weighted by Gasteiger charge is 2.25. The number of hydrogen-bond donors (Lipinski definition) is 1. The molecule has 1 fully saturated rings. The standard InChI is InChI=1S/C12H16N2O2S/c1-8-5-11(15)10(6-13-8)12(16)14-3-4-17-7-9(14)2/h5-6,9H,3-4,7H2,1-2H3,(H,13,15). The minimum atomic E-state index is -0.198. The first kappa shape index (κ1) is 12.2. The van der Waals surface area contributed by atoms with Gasteiger partial charge in [0.15, 0.2) is 5.43 Å². The van der Waals surface area contributed by atoms with Gasteiger partial charge in [-0.25, -0.2) is 0 Å². The number of carbonyl (C=O) groups is 1. The predicted octanol–water partition coefficient (Wildman–Crippen LogP) is 1.26. The van der Waals surface area contributed by atoms with E-state index in [1.54, 1.807) is 11.8 Å². The molecule has 2 rings (SSSR count). The number of carbonyl (C=O) groups excluding carboxylic acids is 1. The zero-order chi connectivity index (χ0) is 12.4. The van der Waals surface area contributed by atoms with E-state index in [-0.39, 0.29) is 22.9 Å². The third kappa shape index (κ3) is 2.54. The number of hydrogen-bond acceptors (Lipinski definition) is 3. The molecule has 0 aromatic carbocycles. The number of aromatic amines is 1. The van der Waals surface area contributed by atoms with E-state index in [4.69, 9.17) is 0 Å². The van der Waals surface area contributed by atoms with Gasteiger partial charge in [-0.05, 0) is 13.8 Å². The van der Waals surface area contributed by atoms with Crippen molar-refractivity contribution in [1.82, 2.24) is 9.88 Å². The topological polar surface area (TPSA) is 53.2 Å². The van der Waals surface area contributed by atoms with Crippen LogP contribution in [0, 0.1) is 6.92 Å². The van der Waals surface area contributed by atoms with Gasteiger partial charge in [0.25, 0.3) is 5.91 Å². The molecule has 0 radical (unpaired) electrons. The quantitative estimate of drug-likeness (QED) is 0.818. The minimum absolute atomic E-state index is 0.154. The lowest BCUT2D eigenvalue weighted by Gasteiger charge is -2.32. The molecule has 17 heavy (non-hydrogen) atoms. The molecule has 2 heterocycles. The van der Waals surface area contributed by atoms with Crippen LogP contribution in [0.2, 0.25) is 0 Å². The Bertz CT molecular complexity index is 484. The minimum Gasteiger partial charge on any atom is -0.364 e. The Kier molecular flexibility index (Phi) is 3.57. The number of nitrogens with one attached hydrogen (secondary N) is 1. The van der Waals surface area contributed by atoms with Crippen LogP contribution in [0.15, 0.2) is 17.1 Å². The van der Waals surface area contributed by atoms with E-state index in [0.717, 1.165) is 23.7 Å². The van der Waals surface area contributed by atoms with Crippen molar-refractivity contribution in [3.8, 4) is 0 Å². The third-order valence-electron chi connectivity index (χ3n) is 2.92. The summed E-state index contributed by atoms with van der Waals surface area (Å²) in [4.78, 5) is 28.7. The molecule has 1 aliphatic heterocycles. The molecule has 4 nitrogen and oxygen atoms in total. The highest BCUT2D eigenvalue weighted by Crippen LogP contribution is 2.17. The maximum atomic E-state index is 12.2. The van der Waals surface area contributed by atoms with E-state index in [2.05, 4.69) is 4.98 Å². The van der Waals surface area contributed by atoms with Gasteiger partial charge in [0, 0.05) is 42.0 Å². The van der Waals surface area contributed by atoms with Gasteiger partial charge in [-0.2, -0.15) is 11.8 Å². The molecule has 1 aliphatic rings. The molecular formula is C12H16N2O2S. The summed E-state index contributed by atoms with van der Waals surface area (Å²) in [5, 5.41) is 0. The van der Waals surface area contributed by atoms with Crippen molar-refractivity contribution < 1.29 is 4.79 Å². The molecule has 1 unspecified atom stereocenters. The van der Waals surface area contributed by atoms with Gasteiger partial charge in [0.1, 0.15) is 5.56 Å². The van der Waals surface area contributed by atoms with Crippen molar-refractivity contribution in [1.29, 1.82) is 0 Å². The van der Waals surface area contributed by atoms with Crippen LogP contribution < -0.4 is 5.43 Å². The maximum absolute atomic E-state index is 12.2. The average Bonchev–Trinajstić information content (AvgIpc) is 2.29. The molecule has 1 atom stereocenters. The largest absolute Gasteiger partial charge is 0.364 e. The van der Waals surface area contributed by atoms with Gasteiger partial charge in [0.05, 0.1) is 0 Å². The van der Waals surface area contributed by atoms with E-state index >= 15 is 0 Å². The van der Waals surface area contributed by atoms with Gasteiger partial charge >= 0.3 is 0 Å². The fraction of sp³-hybridized carbons (Fsp3) is 0.500. The monoisotopic (exact) mass is 252 g/mol. The SMILES string of the molecule is Cc1cc(=O)c(C(=O)N2CCSCC2C)c[nH]1. The molecule has 0 bridgehead atoms. The maximum Gasteiger partial charge on any atom is 0.259 e. The lowest BCUT2D eigenvalue weighted by atomic mass is 10.2. The lowest BCUT2D eigenvalue weighted by molar-refractivity contribution is 0.0714. The molecule has 5 heteroatoms. The van der Waals surface area contributed by atoms with Crippen LogP contribution in [-0.2, 0) is 0 Å². The highest BCUT2D eigenvalue weighted by atomic mass is 32.2. The zero-order valence-electron chi connectivity index (χ0n) is 10.0. The number of thioether (sulfide) groups is 1. The summed E-state index contributed by atoms with van der Waals surface area (Å²) in [6, 6.07) is 1.67. The highest BCUT2D eigenvalue weighted by molar-refractivity contribution is 7.99. The van der Waals surface area contributed by atoms with E-state index in [1.165, 1.54) is 12.3 Å². The van der Waals surface area contributed by atoms with E-state index < -0.39 is 0 Å². The van der Waals surface area contributed by atoms with Crippen LogP contribution in [-0.4, -0.2) is 39.9 Å². The van der Waals surface area contributed by atoms with Gasteiger partial charge in [-0.1, -0.05) is 0 Å². The van der Waals surface area contributed by atoms with Crippen molar-refractivity contribution in [3.05, 3.63) is 33.7 Å². The Morgan fingerprint density at radius 1 is 1.59 bits per heavy atom. The van der Waals surface area contributed by atoms with Crippen LogP contribution >= 0.6 is 11.8 Å². The number of pyridine rings is 1. The lowest BCUT2D eigenvalue weighted by Crippen LogP contribution is -2.45. The van der Waals surface area contributed by atoms with Gasteiger partial charge in [-0.3, -0.25) is 9.59 Å². The normalized spacial score (nSPS) is 20.4. The van der Waals surface area contributed by atoms with Crippen molar-refractivity contribution in [2.24, 2.45) is 0 Å². The number of aryl methyl sites for hydroxylation is 1. The fourth-order valence-corrected chi connectivity index (χ4v) is 2.94. The molecule has 0 spiro atoms. The smallest absolute Gasteiger partial charge is 0.259 e. The third-order valence-corrected chi connectivity index (χ3v) is 4.11. The van der Waals surface area contributed by atoms with Crippen LogP contribution in [0.25, 0.3) is 0 Å². The van der Waals surface area contributed by atoms with Crippen LogP contribution in [0.4, 0.5) is 0 Å². The molecule has 0 aliphatic carbocycles. The first-order chi connectivity index (χ1) is 8.09. The molecule has 1 saturated heterocycles. The van der Waals surface area contributed by atoms with Crippen molar-refractivity contribution in [3.63, 3.8) is 0 Å². The molecular weight excluding hydrogens is 236 g/mol. The fourth-order valence-electron chi connectivity index (χ4n) is 1.92. The van der Waals surface area contributed by atoms with Crippen molar-refractivity contribution in [2.45, 2.75) is 19.9 Å². The van der Waals surface area contributed by atoms with E-state index in [9.17, 15) is 9.59 Å². The second kappa shape index (κ2) is 4.96. The summed E-state index contributed by atoms with van der Waals surface area (Å²) in [7, 11) is 0. The van der Waals surface area contributed by atoms with Crippen LogP contribution in [0.5, 0.6) is 0 Å². The summed E-state index contributed by atoms with van der Waals surface area (Å²) in [5.41, 5.74) is 0.819.